The van der Waals surface area contributed by atoms with E-state index in [1.54, 1.807) is 0 Å². The van der Waals surface area contributed by atoms with E-state index in [0.717, 1.165) is 93.7 Å². The van der Waals surface area contributed by atoms with Gasteiger partial charge in [-0.3, -0.25) is 19.7 Å². The molecule has 1 saturated carbocycles. The summed E-state index contributed by atoms with van der Waals surface area (Å²) in [4.78, 5) is 34.4. The first-order valence-corrected chi connectivity index (χ1v) is 16.4. The van der Waals surface area contributed by atoms with E-state index in [4.69, 9.17) is 9.97 Å². The van der Waals surface area contributed by atoms with Crippen molar-refractivity contribution in [3.8, 4) is 17.3 Å². The van der Waals surface area contributed by atoms with Crippen molar-refractivity contribution >= 4 is 28.6 Å². The summed E-state index contributed by atoms with van der Waals surface area (Å²) in [6, 6.07) is 7.20. The summed E-state index contributed by atoms with van der Waals surface area (Å²) in [5.74, 6) is 1.39. The Balaban J connectivity index is 1.12. The number of H-pyrrole nitrogens is 1. The third kappa shape index (κ3) is 4.69. The fourth-order valence-corrected chi connectivity index (χ4v) is 8.47. The Morgan fingerprint density at radius 3 is 2.58 bits per heavy atom. The van der Waals surface area contributed by atoms with E-state index in [1.165, 1.54) is 25.5 Å². The minimum Gasteiger partial charge on any atom is -0.355 e. The number of hydrogen-bond donors (Lipinski definition) is 1. The van der Waals surface area contributed by atoms with Crippen LogP contribution in [0.3, 0.4) is 0 Å². The molecule has 6 heterocycles. The highest BCUT2D eigenvalue weighted by atomic mass is 16.2. The van der Waals surface area contributed by atoms with E-state index in [-0.39, 0.29) is 11.3 Å². The largest absolute Gasteiger partial charge is 0.355 e. The molecule has 4 saturated heterocycles. The lowest BCUT2D eigenvalue weighted by Crippen LogP contribution is -2.59. The van der Waals surface area contributed by atoms with Gasteiger partial charge >= 0.3 is 0 Å². The van der Waals surface area contributed by atoms with Crippen LogP contribution in [0.15, 0.2) is 31.0 Å². The predicted molar refractivity (Wildman–Crippen MR) is 174 cm³/mol. The normalized spacial score (nSPS) is 23.1. The molecule has 11 heteroatoms. The summed E-state index contributed by atoms with van der Waals surface area (Å²) in [5, 5.41) is 19.0. The second kappa shape index (κ2) is 10.5. The minimum atomic E-state index is -0.0145. The number of aromatic nitrogens is 4. The van der Waals surface area contributed by atoms with Gasteiger partial charge in [0.1, 0.15) is 11.6 Å². The average molecular weight is 607 g/mol. The van der Waals surface area contributed by atoms with E-state index >= 15 is 0 Å². The number of aryl methyl sites for hydroxylation is 1. The van der Waals surface area contributed by atoms with Gasteiger partial charge in [-0.2, -0.15) is 15.3 Å². The molecule has 1 amide bonds. The zero-order chi connectivity index (χ0) is 30.9. The third-order valence-electron chi connectivity index (χ3n) is 11.5. The number of rotatable bonds is 5. The minimum absolute atomic E-state index is 0.0145. The number of aromatic amines is 1. The molecule has 0 radical (unpaired) electrons. The summed E-state index contributed by atoms with van der Waals surface area (Å²) in [5.41, 5.74) is 4.54. The van der Waals surface area contributed by atoms with Crippen LogP contribution in [0.25, 0.3) is 22.2 Å². The molecule has 1 aliphatic carbocycles. The molecule has 45 heavy (non-hydrogen) atoms. The number of fused-ring (bicyclic) bond motifs is 1. The van der Waals surface area contributed by atoms with Crippen LogP contribution in [-0.4, -0.2) is 118 Å². The third-order valence-corrected chi connectivity index (χ3v) is 11.5. The zero-order valence-electron chi connectivity index (χ0n) is 26.4. The number of amides is 1. The Bertz CT molecular complexity index is 1710. The highest BCUT2D eigenvalue weighted by molar-refractivity contribution is 5.97. The van der Waals surface area contributed by atoms with Crippen molar-refractivity contribution in [2.24, 2.45) is 5.41 Å². The van der Waals surface area contributed by atoms with Crippen molar-refractivity contribution in [2.75, 3.05) is 75.8 Å². The van der Waals surface area contributed by atoms with Crippen LogP contribution in [-0.2, 0) is 4.79 Å². The molecule has 8 rings (SSSR count). The Morgan fingerprint density at radius 2 is 1.84 bits per heavy atom. The number of nitrogens with one attached hydrogen (secondary N) is 1. The highest BCUT2D eigenvalue weighted by Crippen LogP contribution is 2.45. The molecule has 234 valence electrons. The Kier molecular flexibility index (Phi) is 6.66. The lowest BCUT2D eigenvalue weighted by atomic mass is 9.79. The molecule has 4 aliphatic heterocycles. The first kappa shape index (κ1) is 28.5. The van der Waals surface area contributed by atoms with Gasteiger partial charge in [0.15, 0.2) is 5.82 Å². The molecule has 5 aliphatic rings. The lowest BCUT2D eigenvalue weighted by Gasteiger charge is -2.47. The molecule has 1 aromatic carbocycles. The SMILES string of the molecule is C=CC(=O)N1CC2(CCN(c3nc(N4CCC(N5CCN(C)C6(CC6)C5)CC4)nc(-c4c(C)ccc5[nH]ncc45)c3C#N)C2)C1. The van der Waals surface area contributed by atoms with E-state index in [9.17, 15) is 10.1 Å². The fourth-order valence-electron chi connectivity index (χ4n) is 8.47. The summed E-state index contributed by atoms with van der Waals surface area (Å²) >= 11 is 0. The van der Waals surface area contributed by atoms with Gasteiger partial charge in [0.05, 0.1) is 17.4 Å². The standard InChI is InChI=1S/C34H42N10O/c1-4-28(45)44-20-33(21-44)11-14-43(19-33)31-25(17-35)30(29-23(2)5-6-27-26(29)18-36-39-27)37-32(38-31)41-12-7-24(8-13-41)42-16-15-40(3)34(22-42)9-10-34/h4-6,18,24H,1,7-16,19-22H2,2-3H3,(H,36,39). The van der Waals surface area contributed by atoms with Gasteiger partial charge < -0.3 is 14.7 Å². The number of piperidine rings is 1. The van der Waals surface area contributed by atoms with E-state index in [1.807, 2.05) is 17.2 Å². The molecular weight excluding hydrogens is 564 g/mol. The Morgan fingerprint density at radius 1 is 1.04 bits per heavy atom. The molecule has 0 atom stereocenters. The summed E-state index contributed by atoms with van der Waals surface area (Å²) in [6.45, 7) is 14.0. The number of nitriles is 1. The number of likely N-dealkylation sites (tertiary alicyclic amines) is 1. The number of carbonyl (C=O) groups is 1. The van der Waals surface area contributed by atoms with Crippen molar-refractivity contribution in [1.29, 1.82) is 5.26 Å². The molecule has 0 bridgehead atoms. The quantitative estimate of drug-likeness (QED) is 0.438. The van der Waals surface area contributed by atoms with Gasteiger partial charge in [0.25, 0.3) is 0 Å². The maximum absolute atomic E-state index is 12.2. The van der Waals surface area contributed by atoms with Crippen molar-refractivity contribution in [3.63, 3.8) is 0 Å². The second-order valence-corrected chi connectivity index (χ2v) is 14.2. The molecule has 11 nitrogen and oxygen atoms in total. The zero-order valence-corrected chi connectivity index (χ0v) is 26.4. The summed E-state index contributed by atoms with van der Waals surface area (Å²) in [6.07, 6.45) is 9.01. The van der Waals surface area contributed by atoms with Crippen molar-refractivity contribution in [1.82, 2.24) is 34.9 Å². The van der Waals surface area contributed by atoms with Crippen LogP contribution in [0.5, 0.6) is 0 Å². The van der Waals surface area contributed by atoms with Crippen molar-refractivity contribution in [3.05, 3.63) is 42.1 Å². The van der Waals surface area contributed by atoms with Crippen LogP contribution >= 0.6 is 0 Å². The molecule has 3 aromatic rings. The average Bonchev–Trinajstić information content (AvgIpc) is 3.43. The second-order valence-electron chi connectivity index (χ2n) is 14.2. The molecule has 2 aromatic heterocycles. The number of nitrogens with zero attached hydrogens (tertiary/aromatic N) is 9. The molecule has 0 unspecified atom stereocenters. The lowest BCUT2D eigenvalue weighted by molar-refractivity contribution is -0.136. The van der Waals surface area contributed by atoms with Gasteiger partial charge in [0.2, 0.25) is 11.9 Å². The van der Waals surface area contributed by atoms with E-state index < -0.39 is 0 Å². The van der Waals surface area contributed by atoms with Gasteiger partial charge in [-0.15, -0.1) is 0 Å². The maximum atomic E-state index is 12.2. The van der Waals surface area contributed by atoms with Crippen molar-refractivity contribution in [2.45, 2.75) is 50.6 Å². The maximum Gasteiger partial charge on any atom is 0.245 e. The van der Waals surface area contributed by atoms with Crippen LogP contribution < -0.4 is 9.80 Å². The first-order chi connectivity index (χ1) is 21.8. The van der Waals surface area contributed by atoms with Crippen LogP contribution in [0.1, 0.15) is 43.2 Å². The fraction of sp³-hybridized carbons (Fsp3) is 0.559. The van der Waals surface area contributed by atoms with Gasteiger partial charge in [-0.1, -0.05) is 12.6 Å². The summed E-state index contributed by atoms with van der Waals surface area (Å²) < 4.78 is 0. The Labute approximate surface area is 264 Å². The van der Waals surface area contributed by atoms with Crippen LogP contribution in [0.4, 0.5) is 11.8 Å². The molecule has 2 spiro atoms. The number of likely N-dealkylation sites (N-methyl/N-ethyl adjacent to an activating group) is 1. The van der Waals surface area contributed by atoms with Crippen molar-refractivity contribution < 1.29 is 4.79 Å². The van der Waals surface area contributed by atoms with Gasteiger partial charge in [-0.05, 0) is 63.8 Å². The van der Waals surface area contributed by atoms with E-state index in [0.29, 0.717) is 34.6 Å². The number of anilines is 2. The number of piperazine rings is 1. The smallest absolute Gasteiger partial charge is 0.245 e. The topological polar surface area (TPSA) is 112 Å². The van der Waals surface area contributed by atoms with Gasteiger partial charge in [-0.25, -0.2) is 4.98 Å². The number of carbonyl (C=O) groups excluding carboxylic acids is 1. The molecular formula is C34H42N10O. The molecule has 1 N–H and O–H groups in total. The van der Waals surface area contributed by atoms with Gasteiger partial charge in [0, 0.05) is 86.8 Å². The highest BCUT2D eigenvalue weighted by Gasteiger charge is 2.51. The van der Waals surface area contributed by atoms with E-state index in [2.05, 4.69) is 62.5 Å². The van der Waals surface area contributed by atoms with Crippen LogP contribution in [0.2, 0.25) is 0 Å². The monoisotopic (exact) mass is 606 g/mol. The number of benzene rings is 1. The number of hydrogen-bond acceptors (Lipinski definition) is 9. The van der Waals surface area contributed by atoms with Crippen LogP contribution in [0, 0.1) is 23.7 Å². The first-order valence-electron chi connectivity index (χ1n) is 16.4. The summed E-state index contributed by atoms with van der Waals surface area (Å²) in [7, 11) is 2.29. The Hall–Kier alpha value is -4.01. The molecule has 5 fully saturated rings. The predicted octanol–water partition coefficient (Wildman–Crippen LogP) is 3.17.